The summed E-state index contributed by atoms with van der Waals surface area (Å²) < 4.78 is 26.3. The van der Waals surface area contributed by atoms with Gasteiger partial charge in [0.05, 0.1) is 0 Å². The summed E-state index contributed by atoms with van der Waals surface area (Å²) in [5.74, 6) is -0.518. The number of halogens is 2. The van der Waals surface area contributed by atoms with Gasteiger partial charge >= 0.3 is 0 Å². The first kappa shape index (κ1) is 14.1. The molecule has 2 N–H and O–H groups in total. The van der Waals surface area contributed by atoms with Crippen molar-refractivity contribution in [2.24, 2.45) is 5.92 Å². The third-order valence-corrected chi connectivity index (χ3v) is 2.81. The van der Waals surface area contributed by atoms with Crippen LogP contribution in [-0.2, 0) is 6.54 Å². The van der Waals surface area contributed by atoms with E-state index in [2.05, 4.69) is 5.32 Å². The third kappa shape index (κ3) is 4.40. The normalized spacial score (nSPS) is 13.1. The van der Waals surface area contributed by atoms with Gasteiger partial charge in [-0.15, -0.1) is 0 Å². The fraction of sp³-hybridized carbons (Fsp3) is 0.538. The summed E-state index contributed by atoms with van der Waals surface area (Å²) in [6.45, 7) is 4.40. The highest BCUT2D eigenvalue weighted by Gasteiger charge is 2.13. The summed E-state index contributed by atoms with van der Waals surface area (Å²) >= 11 is 0. The van der Waals surface area contributed by atoms with Gasteiger partial charge < -0.3 is 10.4 Å². The average molecular weight is 243 g/mol. The lowest BCUT2D eigenvalue weighted by atomic mass is 10.0. The number of aliphatic hydroxyl groups is 1. The molecule has 1 unspecified atom stereocenters. The maximum atomic E-state index is 13.4. The summed E-state index contributed by atoms with van der Waals surface area (Å²) in [5, 5.41) is 12.0. The molecule has 0 aromatic heterocycles. The first-order valence-corrected chi connectivity index (χ1v) is 5.82. The van der Waals surface area contributed by atoms with Crippen LogP contribution in [0.5, 0.6) is 0 Å². The Morgan fingerprint density at radius 2 is 2.00 bits per heavy atom. The smallest absolute Gasteiger partial charge is 0.127 e. The van der Waals surface area contributed by atoms with E-state index in [-0.39, 0.29) is 19.2 Å². The summed E-state index contributed by atoms with van der Waals surface area (Å²) in [5.41, 5.74) is 0.314. The Morgan fingerprint density at radius 1 is 1.29 bits per heavy atom. The zero-order valence-corrected chi connectivity index (χ0v) is 10.2. The Bertz CT molecular complexity index is 355. The lowest BCUT2D eigenvalue weighted by molar-refractivity contribution is 0.243. The molecule has 0 aliphatic heterocycles. The largest absolute Gasteiger partial charge is 0.396 e. The standard InChI is InChI=1S/C13H19F2NO/c1-9(2)13(5-6-17)16-8-10-7-11(14)3-4-12(10)15/h3-4,7,9,13,16-17H,5-6,8H2,1-2H3. The van der Waals surface area contributed by atoms with Gasteiger partial charge in [0, 0.05) is 24.8 Å². The number of hydrogen-bond acceptors (Lipinski definition) is 2. The summed E-state index contributed by atoms with van der Waals surface area (Å²) in [6, 6.07) is 3.52. The maximum Gasteiger partial charge on any atom is 0.127 e. The Balaban J connectivity index is 2.61. The van der Waals surface area contributed by atoms with Crippen LogP contribution in [0.25, 0.3) is 0 Å². The van der Waals surface area contributed by atoms with Crippen molar-refractivity contribution in [2.45, 2.75) is 32.9 Å². The van der Waals surface area contributed by atoms with E-state index >= 15 is 0 Å². The van der Waals surface area contributed by atoms with Crippen LogP contribution in [0.1, 0.15) is 25.8 Å². The van der Waals surface area contributed by atoms with Gasteiger partial charge in [-0.3, -0.25) is 0 Å². The van der Waals surface area contributed by atoms with Crippen molar-refractivity contribution in [3.05, 3.63) is 35.4 Å². The van der Waals surface area contributed by atoms with E-state index < -0.39 is 11.6 Å². The highest BCUT2D eigenvalue weighted by Crippen LogP contribution is 2.12. The van der Waals surface area contributed by atoms with Crippen LogP contribution >= 0.6 is 0 Å². The molecule has 0 amide bonds. The topological polar surface area (TPSA) is 32.3 Å². The number of rotatable bonds is 6. The predicted molar refractivity (Wildman–Crippen MR) is 63.5 cm³/mol. The van der Waals surface area contributed by atoms with Crippen LogP contribution in [0.4, 0.5) is 8.78 Å². The van der Waals surface area contributed by atoms with Gasteiger partial charge in [-0.2, -0.15) is 0 Å². The maximum absolute atomic E-state index is 13.4. The summed E-state index contributed by atoms with van der Waals surface area (Å²) in [6.07, 6.45) is 0.606. The number of aliphatic hydroxyl groups excluding tert-OH is 1. The lowest BCUT2D eigenvalue weighted by Crippen LogP contribution is -2.34. The monoisotopic (exact) mass is 243 g/mol. The summed E-state index contributed by atoms with van der Waals surface area (Å²) in [4.78, 5) is 0. The van der Waals surface area contributed by atoms with Crippen LogP contribution in [-0.4, -0.2) is 17.8 Å². The van der Waals surface area contributed by atoms with Gasteiger partial charge in [0.1, 0.15) is 11.6 Å². The molecule has 0 radical (unpaired) electrons. The Morgan fingerprint density at radius 3 is 2.59 bits per heavy atom. The van der Waals surface area contributed by atoms with Crippen molar-refractivity contribution in [3.8, 4) is 0 Å². The van der Waals surface area contributed by atoms with Crippen molar-refractivity contribution in [2.75, 3.05) is 6.61 Å². The van der Waals surface area contributed by atoms with Crippen molar-refractivity contribution >= 4 is 0 Å². The molecule has 4 heteroatoms. The Hall–Kier alpha value is -1.00. The minimum atomic E-state index is -0.438. The lowest BCUT2D eigenvalue weighted by Gasteiger charge is -2.21. The molecule has 1 aromatic rings. The number of hydrogen-bond donors (Lipinski definition) is 2. The number of nitrogens with one attached hydrogen (secondary N) is 1. The average Bonchev–Trinajstić information content (AvgIpc) is 2.28. The van der Waals surface area contributed by atoms with Crippen molar-refractivity contribution in [3.63, 3.8) is 0 Å². The molecule has 0 saturated heterocycles. The van der Waals surface area contributed by atoms with E-state index in [1.165, 1.54) is 6.07 Å². The molecule has 1 rings (SSSR count). The molecule has 0 aliphatic carbocycles. The fourth-order valence-electron chi connectivity index (χ4n) is 1.73. The molecule has 0 heterocycles. The van der Waals surface area contributed by atoms with Gasteiger partial charge in [0.2, 0.25) is 0 Å². The fourth-order valence-corrected chi connectivity index (χ4v) is 1.73. The minimum Gasteiger partial charge on any atom is -0.396 e. The van der Waals surface area contributed by atoms with Gasteiger partial charge in [0.25, 0.3) is 0 Å². The molecular formula is C13H19F2NO. The molecular weight excluding hydrogens is 224 g/mol. The number of benzene rings is 1. The van der Waals surface area contributed by atoms with Crippen LogP contribution in [0.3, 0.4) is 0 Å². The van der Waals surface area contributed by atoms with Crippen molar-refractivity contribution < 1.29 is 13.9 Å². The highest BCUT2D eigenvalue weighted by atomic mass is 19.1. The van der Waals surface area contributed by atoms with Gasteiger partial charge in [-0.05, 0) is 30.5 Å². The van der Waals surface area contributed by atoms with Crippen molar-refractivity contribution in [1.82, 2.24) is 5.32 Å². The molecule has 1 atom stereocenters. The van der Waals surface area contributed by atoms with Gasteiger partial charge in [-0.1, -0.05) is 13.8 Å². The second-order valence-corrected chi connectivity index (χ2v) is 4.48. The zero-order chi connectivity index (χ0) is 12.8. The van der Waals surface area contributed by atoms with E-state index in [1.54, 1.807) is 0 Å². The van der Waals surface area contributed by atoms with Crippen LogP contribution in [0, 0.1) is 17.6 Å². The Kier molecular flexibility index (Phi) is 5.51. The van der Waals surface area contributed by atoms with Crippen LogP contribution in [0.15, 0.2) is 18.2 Å². The first-order valence-electron chi connectivity index (χ1n) is 5.82. The predicted octanol–water partition coefficient (Wildman–Crippen LogP) is 2.46. The van der Waals surface area contributed by atoms with E-state index in [0.717, 1.165) is 12.1 Å². The molecule has 0 fully saturated rings. The SMILES string of the molecule is CC(C)C(CCO)NCc1cc(F)ccc1F. The molecule has 0 saturated carbocycles. The minimum absolute atomic E-state index is 0.0848. The van der Waals surface area contributed by atoms with Gasteiger partial charge in [-0.25, -0.2) is 8.78 Å². The molecule has 1 aromatic carbocycles. The molecule has 2 nitrogen and oxygen atoms in total. The van der Waals surface area contributed by atoms with E-state index in [0.29, 0.717) is 17.9 Å². The zero-order valence-electron chi connectivity index (χ0n) is 10.2. The van der Waals surface area contributed by atoms with Crippen LogP contribution < -0.4 is 5.32 Å². The second-order valence-electron chi connectivity index (χ2n) is 4.48. The molecule has 0 bridgehead atoms. The molecule has 0 spiro atoms. The highest BCUT2D eigenvalue weighted by molar-refractivity contribution is 5.18. The Labute approximate surface area is 101 Å². The van der Waals surface area contributed by atoms with Gasteiger partial charge in [0.15, 0.2) is 0 Å². The molecule has 17 heavy (non-hydrogen) atoms. The molecule has 0 aliphatic rings. The first-order chi connectivity index (χ1) is 8.04. The van der Waals surface area contributed by atoms with E-state index in [9.17, 15) is 8.78 Å². The summed E-state index contributed by atoms with van der Waals surface area (Å²) in [7, 11) is 0. The molecule has 96 valence electrons. The van der Waals surface area contributed by atoms with Crippen molar-refractivity contribution in [1.29, 1.82) is 0 Å². The second kappa shape index (κ2) is 6.67. The van der Waals surface area contributed by atoms with E-state index in [1.807, 2.05) is 13.8 Å². The van der Waals surface area contributed by atoms with Crippen LogP contribution in [0.2, 0.25) is 0 Å². The quantitative estimate of drug-likeness (QED) is 0.804. The third-order valence-electron chi connectivity index (χ3n) is 2.81. The van der Waals surface area contributed by atoms with E-state index in [4.69, 9.17) is 5.11 Å².